The summed E-state index contributed by atoms with van der Waals surface area (Å²) in [6.07, 6.45) is 1.64. The molecule has 0 aromatic heterocycles. The molecule has 1 fully saturated rings. The molecule has 17 heavy (non-hydrogen) atoms. The van der Waals surface area contributed by atoms with Crippen LogP contribution in [0.2, 0.25) is 0 Å². The first-order valence-electron chi connectivity index (χ1n) is 6.17. The van der Waals surface area contributed by atoms with Gasteiger partial charge in [0.25, 0.3) is 0 Å². The molecule has 1 aliphatic rings. The minimum Gasteiger partial charge on any atom is -0.381 e. The molecule has 0 aliphatic carbocycles. The molecule has 1 saturated heterocycles. The van der Waals surface area contributed by atoms with Crippen LogP contribution in [-0.4, -0.2) is 45.7 Å². The standard InChI is InChI=1S/C12H25NO3S/c1-11(2,3)17(14,15)8-6-12(9-13-4)5-7-16-10-12/h13H,5-10H2,1-4H3. The predicted octanol–water partition coefficient (Wildman–Crippen LogP) is 1.22. The first-order valence-corrected chi connectivity index (χ1v) is 7.82. The topological polar surface area (TPSA) is 55.4 Å². The number of ether oxygens (including phenoxy) is 1. The summed E-state index contributed by atoms with van der Waals surface area (Å²) in [4.78, 5) is 0. The lowest BCUT2D eigenvalue weighted by Gasteiger charge is -2.28. The Hall–Kier alpha value is -0.130. The molecular formula is C12H25NO3S. The minimum absolute atomic E-state index is 0.00701. The van der Waals surface area contributed by atoms with Crippen molar-refractivity contribution < 1.29 is 13.2 Å². The third-order valence-electron chi connectivity index (χ3n) is 3.57. The number of sulfone groups is 1. The number of hydrogen-bond donors (Lipinski definition) is 1. The molecule has 0 spiro atoms. The number of nitrogens with one attached hydrogen (secondary N) is 1. The highest BCUT2D eigenvalue weighted by molar-refractivity contribution is 7.92. The fourth-order valence-electron chi connectivity index (χ4n) is 2.11. The van der Waals surface area contributed by atoms with Crippen LogP contribution in [0, 0.1) is 5.41 Å². The Kier molecular flexibility index (Phi) is 4.60. The average Bonchev–Trinajstić information content (AvgIpc) is 2.63. The third kappa shape index (κ3) is 3.66. The van der Waals surface area contributed by atoms with Crippen LogP contribution >= 0.6 is 0 Å². The molecule has 1 rings (SSSR count). The van der Waals surface area contributed by atoms with Crippen LogP contribution in [-0.2, 0) is 14.6 Å². The Bertz CT molecular complexity index is 337. The van der Waals surface area contributed by atoms with Crippen LogP contribution in [0.4, 0.5) is 0 Å². The zero-order chi connectivity index (χ0) is 13.2. The normalized spacial score (nSPS) is 26.4. The van der Waals surface area contributed by atoms with E-state index in [0.29, 0.717) is 13.0 Å². The van der Waals surface area contributed by atoms with Gasteiger partial charge in [-0.1, -0.05) is 0 Å². The van der Waals surface area contributed by atoms with Crippen LogP contribution in [0.15, 0.2) is 0 Å². The largest absolute Gasteiger partial charge is 0.381 e. The summed E-state index contributed by atoms with van der Waals surface area (Å²) in [5, 5.41) is 3.15. The van der Waals surface area contributed by atoms with E-state index < -0.39 is 14.6 Å². The zero-order valence-electron chi connectivity index (χ0n) is 11.4. The van der Waals surface area contributed by atoms with Crippen molar-refractivity contribution in [2.45, 2.75) is 38.4 Å². The summed E-state index contributed by atoms with van der Waals surface area (Å²) in [6, 6.07) is 0. The van der Waals surface area contributed by atoms with Crippen molar-refractivity contribution in [2.24, 2.45) is 5.41 Å². The van der Waals surface area contributed by atoms with E-state index in [2.05, 4.69) is 5.32 Å². The summed E-state index contributed by atoms with van der Waals surface area (Å²) < 4.78 is 29.0. The lowest BCUT2D eigenvalue weighted by molar-refractivity contribution is 0.148. The van der Waals surface area contributed by atoms with E-state index in [-0.39, 0.29) is 11.2 Å². The van der Waals surface area contributed by atoms with Gasteiger partial charge in [-0.05, 0) is 40.7 Å². The Balaban J connectivity index is 2.65. The van der Waals surface area contributed by atoms with Gasteiger partial charge in [-0.15, -0.1) is 0 Å². The Morgan fingerprint density at radius 3 is 2.41 bits per heavy atom. The maximum atomic E-state index is 12.1. The average molecular weight is 263 g/mol. The second-order valence-corrected chi connectivity index (χ2v) is 8.88. The third-order valence-corrected chi connectivity index (χ3v) is 6.18. The van der Waals surface area contributed by atoms with Gasteiger partial charge in [0, 0.05) is 18.6 Å². The van der Waals surface area contributed by atoms with Crippen molar-refractivity contribution >= 4 is 9.84 Å². The van der Waals surface area contributed by atoms with Gasteiger partial charge in [0.2, 0.25) is 0 Å². The molecule has 0 aromatic carbocycles. The fraction of sp³-hybridized carbons (Fsp3) is 1.00. The quantitative estimate of drug-likeness (QED) is 0.810. The SMILES string of the molecule is CNCC1(CCS(=O)(=O)C(C)(C)C)CCOC1. The maximum Gasteiger partial charge on any atom is 0.155 e. The fourth-order valence-corrected chi connectivity index (χ4v) is 3.42. The number of rotatable bonds is 5. The van der Waals surface area contributed by atoms with E-state index in [1.54, 1.807) is 20.8 Å². The molecule has 1 aliphatic heterocycles. The second-order valence-electron chi connectivity index (χ2n) is 6.01. The van der Waals surface area contributed by atoms with Gasteiger partial charge in [-0.3, -0.25) is 0 Å². The lowest BCUT2D eigenvalue weighted by atomic mass is 9.84. The molecular weight excluding hydrogens is 238 g/mol. The summed E-state index contributed by atoms with van der Waals surface area (Å²) >= 11 is 0. The van der Waals surface area contributed by atoms with Crippen LogP contribution in [0.25, 0.3) is 0 Å². The van der Waals surface area contributed by atoms with Gasteiger partial charge in [-0.2, -0.15) is 0 Å². The van der Waals surface area contributed by atoms with E-state index in [0.717, 1.165) is 19.6 Å². The molecule has 0 bridgehead atoms. The first-order chi connectivity index (χ1) is 7.72. The molecule has 4 nitrogen and oxygen atoms in total. The highest BCUT2D eigenvalue weighted by Gasteiger charge is 2.37. The molecule has 0 amide bonds. The van der Waals surface area contributed by atoms with E-state index in [1.807, 2.05) is 7.05 Å². The van der Waals surface area contributed by atoms with Gasteiger partial charge in [0.05, 0.1) is 17.1 Å². The molecule has 1 N–H and O–H groups in total. The van der Waals surface area contributed by atoms with Crippen molar-refractivity contribution in [3.8, 4) is 0 Å². The van der Waals surface area contributed by atoms with Crippen LogP contribution < -0.4 is 5.32 Å². The first kappa shape index (κ1) is 14.9. The molecule has 5 heteroatoms. The minimum atomic E-state index is -3.02. The Labute approximate surface area is 105 Å². The monoisotopic (exact) mass is 263 g/mol. The van der Waals surface area contributed by atoms with Crippen molar-refractivity contribution in [3.05, 3.63) is 0 Å². The second kappa shape index (κ2) is 5.24. The van der Waals surface area contributed by atoms with Gasteiger partial charge >= 0.3 is 0 Å². The highest BCUT2D eigenvalue weighted by atomic mass is 32.2. The van der Waals surface area contributed by atoms with E-state index in [1.165, 1.54) is 0 Å². The van der Waals surface area contributed by atoms with Crippen molar-refractivity contribution in [1.29, 1.82) is 0 Å². The lowest BCUT2D eigenvalue weighted by Crippen LogP contribution is -2.38. The highest BCUT2D eigenvalue weighted by Crippen LogP contribution is 2.33. The Morgan fingerprint density at radius 2 is 2.00 bits per heavy atom. The summed E-state index contributed by atoms with van der Waals surface area (Å²) in [6.45, 7) is 7.53. The molecule has 0 radical (unpaired) electrons. The molecule has 102 valence electrons. The molecule has 0 saturated carbocycles. The summed E-state index contributed by atoms with van der Waals surface area (Å²) in [5.41, 5.74) is 0.00701. The van der Waals surface area contributed by atoms with Crippen LogP contribution in [0.5, 0.6) is 0 Å². The maximum absolute atomic E-state index is 12.1. The molecule has 1 unspecified atom stereocenters. The van der Waals surface area contributed by atoms with Gasteiger partial charge in [0.1, 0.15) is 0 Å². The van der Waals surface area contributed by atoms with Crippen molar-refractivity contribution in [1.82, 2.24) is 5.32 Å². The zero-order valence-corrected chi connectivity index (χ0v) is 12.2. The summed E-state index contributed by atoms with van der Waals surface area (Å²) in [7, 11) is -1.12. The molecule has 1 heterocycles. The van der Waals surface area contributed by atoms with E-state index in [9.17, 15) is 8.42 Å². The smallest absolute Gasteiger partial charge is 0.155 e. The summed E-state index contributed by atoms with van der Waals surface area (Å²) in [5.74, 6) is 0.252. The number of hydrogen-bond acceptors (Lipinski definition) is 4. The van der Waals surface area contributed by atoms with Gasteiger partial charge < -0.3 is 10.1 Å². The molecule has 0 aromatic rings. The van der Waals surface area contributed by atoms with Crippen LogP contribution in [0.3, 0.4) is 0 Å². The van der Waals surface area contributed by atoms with E-state index >= 15 is 0 Å². The Morgan fingerprint density at radius 1 is 1.35 bits per heavy atom. The molecule has 1 atom stereocenters. The van der Waals surface area contributed by atoms with Crippen molar-refractivity contribution in [2.75, 3.05) is 32.6 Å². The van der Waals surface area contributed by atoms with E-state index in [4.69, 9.17) is 4.74 Å². The van der Waals surface area contributed by atoms with Gasteiger partial charge in [0.15, 0.2) is 9.84 Å². The predicted molar refractivity (Wildman–Crippen MR) is 70.0 cm³/mol. The van der Waals surface area contributed by atoms with Crippen LogP contribution in [0.1, 0.15) is 33.6 Å². The van der Waals surface area contributed by atoms with Gasteiger partial charge in [-0.25, -0.2) is 8.42 Å². The van der Waals surface area contributed by atoms with Crippen molar-refractivity contribution in [3.63, 3.8) is 0 Å².